The molecule has 0 aromatic rings. The Morgan fingerprint density at radius 1 is 1.50 bits per heavy atom. The van der Waals surface area contributed by atoms with Crippen LogP contribution < -0.4 is 0 Å². The Hall–Kier alpha value is -0.240. The minimum Gasteiger partial charge on any atom is -0.344 e. The molecule has 3 heteroatoms. The van der Waals surface area contributed by atoms with E-state index in [-0.39, 0.29) is 11.8 Å². The van der Waals surface area contributed by atoms with Crippen LogP contribution in [0.5, 0.6) is 0 Å². The van der Waals surface area contributed by atoms with Crippen LogP contribution in [0, 0.1) is 5.92 Å². The summed E-state index contributed by atoms with van der Waals surface area (Å²) in [7, 11) is 1.84. The smallest absolute Gasteiger partial charge is 0.237 e. The second-order valence-electron chi connectivity index (χ2n) is 3.56. The Morgan fingerprint density at radius 2 is 2.08 bits per heavy atom. The van der Waals surface area contributed by atoms with Crippen molar-refractivity contribution in [3.8, 4) is 0 Å². The van der Waals surface area contributed by atoms with Crippen molar-refractivity contribution >= 4 is 17.5 Å². The highest BCUT2D eigenvalue weighted by Gasteiger charge is 2.18. The first-order chi connectivity index (χ1) is 5.74. The van der Waals surface area contributed by atoms with E-state index < -0.39 is 0 Å². The van der Waals surface area contributed by atoms with Gasteiger partial charge in [-0.1, -0.05) is 12.8 Å². The molecule has 1 rings (SSSR count). The van der Waals surface area contributed by atoms with Crippen molar-refractivity contribution in [2.24, 2.45) is 5.92 Å². The maximum atomic E-state index is 11.1. The minimum atomic E-state index is 0.0450. The molecule has 0 spiro atoms. The van der Waals surface area contributed by atoms with Gasteiger partial charge in [0.25, 0.3) is 0 Å². The van der Waals surface area contributed by atoms with E-state index in [0.29, 0.717) is 0 Å². The molecule has 0 aromatic heterocycles. The normalized spacial score (nSPS) is 18.2. The Balaban J connectivity index is 2.24. The quantitative estimate of drug-likeness (QED) is 0.621. The van der Waals surface area contributed by atoms with Crippen LogP contribution in [-0.4, -0.2) is 30.3 Å². The zero-order valence-electron chi connectivity index (χ0n) is 7.55. The van der Waals surface area contributed by atoms with Crippen molar-refractivity contribution in [1.29, 1.82) is 0 Å². The molecule has 0 N–H and O–H groups in total. The molecule has 2 nitrogen and oxygen atoms in total. The maximum Gasteiger partial charge on any atom is 0.237 e. The van der Waals surface area contributed by atoms with Crippen LogP contribution in [0.1, 0.15) is 25.7 Å². The lowest BCUT2D eigenvalue weighted by Crippen LogP contribution is -2.31. The minimum absolute atomic E-state index is 0.0450. The predicted octanol–water partition coefficient (Wildman–Crippen LogP) is 1.87. The van der Waals surface area contributed by atoms with Gasteiger partial charge in [0.2, 0.25) is 5.91 Å². The van der Waals surface area contributed by atoms with Gasteiger partial charge in [-0.3, -0.25) is 4.79 Å². The molecule has 1 aliphatic rings. The summed E-state index contributed by atoms with van der Waals surface area (Å²) >= 11 is 5.44. The molecule has 12 heavy (non-hydrogen) atoms. The summed E-state index contributed by atoms with van der Waals surface area (Å²) in [5.41, 5.74) is 0. The van der Waals surface area contributed by atoms with Gasteiger partial charge >= 0.3 is 0 Å². The van der Waals surface area contributed by atoms with Gasteiger partial charge in [0.05, 0.1) is 0 Å². The van der Waals surface area contributed by atoms with E-state index in [1.807, 2.05) is 7.05 Å². The summed E-state index contributed by atoms with van der Waals surface area (Å²) < 4.78 is 0. The third kappa shape index (κ3) is 2.67. The van der Waals surface area contributed by atoms with E-state index in [1.165, 1.54) is 25.7 Å². The summed E-state index contributed by atoms with van der Waals surface area (Å²) in [5.74, 6) is 0.884. The van der Waals surface area contributed by atoms with Crippen molar-refractivity contribution < 1.29 is 4.79 Å². The van der Waals surface area contributed by atoms with Gasteiger partial charge in [0.15, 0.2) is 0 Å². The number of rotatable bonds is 3. The molecule has 0 saturated heterocycles. The molecule has 1 fully saturated rings. The first kappa shape index (κ1) is 9.85. The Morgan fingerprint density at radius 3 is 2.58 bits per heavy atom. The van der Waals surface area contributed by atoms with Gasteiger partial charge in [-0.25, -0.2) is 0 Å². The topological polar surface area (TPSA) is 20.3 Å². The fraction of sp³-hybridized carbons (Fsp3) is 0.889. The first-order valence-corrected chi connectivity index (χ1v) is 5.07. The van der Waals surface area contributed by atoms with Gasteiger partial charge < -0.3 is 4.90 Å². The summed E-state index contributed by atoms with van der Waals surface area (Å²) in [6, 6.07) is 0. The third-order valence-corrected chi connectivity index (χ3v) is 2.78. The van der Waals surface area contributed by atoms with Crippen LogP contribution in [0.3, 0.4) is 0 Å². The van der Waals surface area contributed by atoms with Crippen LogP contribution >= 0.6 is 11.6 Å². The van der Waals surface area contributed by atoms with Gasteiger partial charge in [-0.05, 0) is 18.8 Å². The number of alkyl halides is 1. The Kier molecular flexibility index (Phi) is 3.86. The Bertz CT molecular complexity index is 155. The number of hydrogen-bond acceptors (Lipinski definition) is 1. The lowest BCUT2D eigenvalue weighted by atomic mass is 10.1. The van der Waals surface area contributed by atoms with E-state index in [9.17, 15) is 4.79 Å². The molecule has 0 unspecified atom stereocenters. The molecule has 0 atom stereocenters. The molecule has 0 bridgehead atoms. The van der Waals surface area contributed by atoms with Crippen molar-refractivity contribution in [3.05, 3.63) is 0 Å². The van der Waals surface area contributed by atoms with Crippen LogP contribution in [0.2, 0.25) is 0 Å². The van der Waals surface area contributed by atoms with Crippen LogP contribution in [0.25, 0.3) is 0 Å². The van der Waals surface area contributed by atoms with E-state index >= 15 is 0 Å². The molecule has 70 valence electrons. The fourth-order valence-electron chi connectivity index (χ4n) is 1.78. The monoisotopic (exact) mass is 189 g/mol. The molecule has 0 heterocycles. The number of halogens is 1. The SMILES string of the molecule is CN(CC1CCCC1)C(=O)CCl. The second kappa shape index (κ2) is 4.70. The summed E-state index contributed by atoms with van der Waals surface area (Å²) in [6.07, 6.45) is 5.21. The van der Waals surface area contributed by atoms with Crippen LogP contribution in [0.15, 0.2) is 0 Å². The number of hydrogen-bond donors (Lipinski definition) is 0. The molecule has 1 aliphatic carbocycles. The van der Waals surface area contributed by atoms with Crippen molar-refractivity contribution in [1.82, 2.24) is 4.90 Å². The zero-order chi connectivity index (χ0) is 8.97. The van der Waals surface area contributed by atoms with Gasteiger partial charge in [0.1, 0.15) is 5.88 Å². The number of carbonyl (C=O) groups is 1. The van der Waals surface area contributed by atoms with Crippen LogP contribution in [0.4, 0.5) is 0 Å². The summed E-state index contributed by atoms with van der Waals surface area (Å²) in [4.78, 5) is 12.8. The molecule has 0 aromatic carbocycles. The average molecular weight is 190 g/mol. The lowest BCUT2D eigenvalue weighted by molar-refractivity contribution is -0.127. The van der Waals surface area contributed by atoms with E-state index in [4.69, 9.17) is 11.6 Å². The number of carbonyl (C=O) groups excluding carboxylic acids is 1. The third-order valence-electron chi connectivity index (χ3n) is 2.55. The maximum absolute atomic E-state index is 11.1. The van der Waals surface area contributed by atoms with E-state index in [0.717, 1.165) is 12.5 Å². The zero-order valence-corrected chi connectivity index (χ0v) is 8.31. The van der Waals surface area contributed by atoms with Crippen molar-refractivity contribution in [2.75, 3.05) is 19.5 Å². The molecule has 0 radical (unpaired) electrons. The summed E-state index contributed by atoms with van der Waals surface area (Å²) in [5, 5.41) is 0. The number of amides is 1. The highest BCUT2D eigenvalue weighted by Crippen LogP contribution is 2.25. The second-order valence-corrected chi connectivity index (χ2v) is 3.83. The molecule has 1 amide bonds. The van der Waals surface area contributed by atoms with Crippen molar-refractivity contribution in [3.63, 3.8) is 0 Å². The van der Waals surface area contributed by atoms with E-state index in [1.54, 1.807) is 4.90 Å². The van der Waals surface area contributed by atoms with Gasteiger partial charge in [0, 0.05) is 13.6 Å². The average Bonchev–Trinajstić information content (AvgIpc) is 2.55. The first-order valence-electron chi connectivity index (χ1n) is 4.54. The molecular weight excluding hydrogens is 174 g/mol. The summed E-state index contributed by atoms with van der Waals surface area (Å²) in [6.45, 7) is 0.894. The van der Waals surface area contributed by atoms with E-state index in [2.05, 4.69) is 0 Å². The highest BCUT2D eigenvalue weighted by molar-refractivity contribution is 6.27. The largest absolute Gasteiger partial charge is 0.344 e. The molecule has 0 aliphatic heterocycles. The van der Waals surface area contributed by atoms with Gasteiger partial charge in [-0.2, -0.15) is 0 Å². The molecular formula is C9H16ClNO. The number of nitrogens with zero attached hydrogens (tertiary/aromatic N) is 1. The fourth-order valence-corrected chi connectivity index (χ4v) is 1.99. The van der Waals surface area contributed by atoms with Crippen molar-refractivity contribution in [2.45, 2.75) is 25.7 Å². The Labute approximate surface area is 78.9 Å². The lowest BCUT2D eigenvalue weighted by Gasteiger charge is -2.19. The standard InChI is InChI=1S/C9H16ClNO/c1-11(9(12)6-10)7-8-4-2-3-5-8/h8H,2-7H2,1H3. The highest BCUT2D eigenvalue weighted by atomic mass is 35.5. The molecule has 1 saturated carbocycles. The van der Waals surface area contributed by atoms with Gasteiger partial charge in [-0.15, -0.1) is 11.6 Å². The predicted molar refractivity (Wildman–Crippen MR) is 50.3 cm³/mol. The van der Waals surface area contributed by atoms with Crippen LogP contribution in [-0.2, 0) is 4.79 Å².